The summed E-state index contributed by atoms with van der Waals surface area (Å²) >= 11 is 11.9. The smallest absolute Gasteiger partial charge is 0.182 e. The van der Waals surface area contributed by atoms with E-state index in [1.165, 1.54) is 0 Å². The number of nitrogens with zero attached hydrogens (tertiary/aromatic N) is 1. The molecule has 0 bridgehead atoms. The van der Waals surface area contributed by atoms with Crippen LogP contribution in [0.15, 0.2) is 17.0 Å². The summed E-state index contributed by atoms with van der Waals surface area (Å²) in [7, 11) is 0.589. The summed E-state index contributed by atoms with van der Waals surface area (Å²) in [5, 5.41) is 3.66. The Morgan fingerprint density at radius 2 is 2.05 bits per heavy atom. The number of rotatable bonds is 4. The molecule has 1 N–H and O–H groups in total. The van der Waals surface area contributed by atoms with E-state index in [1.54, 1.807) is 12.1 Å². The molecule has 1 aromatic carbocycles. The minimum absolute atomic E-state index is 0.0375. The van der Waals surface area contributed by atoms with Gasteiger partial charge in [0.1, 0.15) is 0 Å². The Morgan fingerprint density at radius 1 is 1.37 bits per heavy atom. The summed E-state index contributed by atoms with van der Waals surface area (Å²) < 4.78 is 24.3. The molecule has 2 rings (SSSR count). The van der Waals surface area contributed by atoms with Gasteiger partial charge in [0.25, 0.3) is 0 Å². The molecule has 0 aliphatic carbocycles. The summed E-state index contributed by atoms with van der Waals surface area (Å²) in [5.41, 5.74) is 0.716. The molecule has 106 valence electrons. The highest BCUT2D eigenvalue weighted by molar-refractivity contribution is 7.92. The van der Waals surface area contributed by atoms with Crippen LogP contribution in [0.4, 0.5) is 0 Å². The zero-order valence-electron chi connectivity index (χ0n) is 10.8. The van der Waals surface area contributed by atoms with Crippen molar-refractivity contribution in [3.63, 3.8) is 0 Å². The lowest BCUT2D eigenvalue weighted by molar-refractivity contribution is 0.390. The second-order valence-electron chi connectivity index (χ2n) is 4.87. The van der Waals surface area contributed by atoms with Gasteiger partial charge in [-0.2, -0.15) is 0 Å². The van der Waals surface area contributed by atoms with E-state index in [0.29, 0.717) is 12.1 Å². The highest BCUT2D eigenvalue weighted by atomic mass is 35.5. The number of nitrogens with one attached hydrogen (secondary N) is 1. The van der Waals surface area contributed by atoms with Crippen molar-refractivity contribution in [2.75, 3.05) is 32.9 Å². The van der Waals surface area contributed by atoms with E-state index in [-0.39, 0.29) is 26.7 Å². The van der Waals surface area contributed by atoms with Crippen LogP contribution in [0.3, 0.4) is 0 Å². The molecule has 1 atom stereocenters. The van der Waals surface area contributed by atoms with Crippen LogP contribution in [0.25, 0.3) is 0 Å². The van der Waals surface area contributed by atoms with Crippen LogP contribution in [0.2, 0.25) is 10.0 Å². The predicted molar refractivity (Wildman–Crippen MR) is 77.8 cm³/mol. The first-order chi connectivity index (χ1) is 8.83. The maximum absolute atomic E-state index is 12.1. The van der Waals surface area contributed by atoms with E-state index >= 15 is 0 Å². The number of benzene rings is 1. The second kappa shape index (κ2) is 5.58. The van der Waals surface area contributed by atoms with Crippen LogP contribution < -0.4 is 5.32 Å². The van der Waals surface area contributed by atoms with Crippen molar-refractivity contribution >= 4 is 33.0 Å². The van der Waals surface area contributed by atoms with Crippen LogP contribution in [0, 0.1) is 0 Å². The maximum Gasteiger partial charge on any atom is 0.182 e. The van der Waals surface area contributed by atoms with Crippen molar-refractivity contribution in [3.8, 4) is 0 Å². The van der Waals surface area contributed by atoms with Gasteiger partial charge >= 0.3 is 0 Å². The van der Waals surface area contributed by atoms with Crippen LogP contribution in [0.5, 0.6) is 0 Å². The quantitative estimate of drug-likeness (QED) is 0.920. The lowest BCUT2D eigenvalue weighted by Gasteiger charge is -2.15. The number of hydrogen-bond donors (Lipinski definition) is 1. The van der Waals surface area contributed by atoms with Gasteiger partial charge in [-0.1, -0.05) is 29.3 Å². The Bertz CT molecular complexity index is 588. The van der Waals surface area contributed by atoms with Gasteiger partial charge in [-0.3, -0.25) is 0 Å². The van der Waals surface area contributed by atoms with Crippen LogP contribution in [-0.4, -0.2) is 46.3 Å². The van der Waals surface area contributed by atoms with Crippen molar-refractivity contribution in [2.45, 2.75) is 10.9 Å². The number of halogens is 2. The van der Waals surface area contributed by atoms with Gasteiger partial charge in [-0.25, -0.2) is 8.42 Å². The van der Waals surface area contributed by atoms with Gasteiger partial charge < -0.3 is 10.2 Å². The summed E-state index contributed by atoms with van der Waals surface area (Å²) in [6.07, 6.45) is 0. The van der Waals surface area contributed by atoms with Crippen molar-refractivity contribution < 1.29 is 8.42 Å². The largest absolute Gasteiger partial charge is 0.308 e. The highest BCUT2D eigenvalue weighted by Crippen LogP contribution is 2.41. The normalized spacial score (nSPS) is 20.8. The van der Waals surface area contributed by atoms with E-state index in [4.69, 9.17) is 23.2 Å². The van der Waals surface area contributed by atoms with Crippen LogP contribution in [-0.2, 0) is 9.84 Å². The fourth-order valence-electron chi connectivity index (χ4n) is 2.16. The number of fused-ring (bicyclic) bond motifs is 1. The highest BCUT2D eigenvalue weighted by Gasteiger charge is 2.37. The summed E-state index contributed by atoms with van der Waals surface area (Å²) in [6, 6.07) is 3.17. The lowest BCUT2D eigenvalue weighted by Crippen LogP contribution is -2.30. The Balaban J connectivity index is 2.28. The predicted octanol–water partition coefficient (Wildman–Crippen LogP) is 1.97. The number of likely N-dealkylation sites (N-methyl/N-ethyl adjacent to an activating group) is 1. The third-order valence-corrected chi connectivity index (χ3v) is 5.85. The first-order valence-corrected chi connectivity index (χ1v) is 8.32. The van der Waals surface area contributed by atoms with Gasteiger partial charge in [0, 0.05) is 19.1 Å². The minimum atomic E-state index is -3.35. The molecule has 1 heterocycles. The van der Waals surface area contributed by atoms with E-state index < -0.39 is 9.84 Å². The molecule has 0 saturated heterocycles. The zero-order chi connectivity index (χ0) is 14.2. The van der Waals surface area contributed by atoms with Gasteiger partial charge in [-0.15, -0.1) is 0 Å². The van der Waals surface area contributed by atoms with Gasteiger partial charge in [0.15, 0.2) is 9.84 Å². The molecule has 0 spiro atoms. The van der Waals surface area contributed by atoms with Gasteiger partial charge in [0.2, 0.25) is 0 Å². The molecule has 1 aromatic rings. The molecule has 19 heavy (non-hydrogen) atoms. The average Bonchev–Trinajstić information content (AvgIpc) is 2.55. The van der Waals surface area contributed by atoms with E-state index in [0.717, 1.165) is 6.54 Å². The minimum Gasteiger partial charge on any atom is -0.308 e. The first-order valence-electron chi connectivity index (χ1n) is 5.91. The molecule has 0 aromatic heterocycles. The molecule has 0 radical (unpaired) electrons. The molecule has 1 unspecified atom stereocenters. The van der Waals surface area contributed by atoms with Crippen LogP contribution in [0.1, 0.15) is 11.6 Å². The summed E-state index contributed by atoms with van der Waals surface area (Å²) in [5.74, 6) is 0.0375. The van der Waals surface area contributed by atoms with Crippen molar-refractivity contribution in [1.29, 1.82) is 0 Å². The third-order valence-electron chi connectivity index (χ3n) is 3.10. The fourth-order valence-corrected chi connectivity index (χ4v) is 4.75. The number of hydrogen-bond acceptors (Lipinski definition) is 4. The maximum atomic E-state index is 12.1. The third kappa shape index (κ3) is 3.06. The van der Waals surface area contributed by atoms with E-state index in [2.05, 4.69) is 5.32 Å². The zero-order valence-corrected chi connectivity index (χ0v) is 13.1. The molecule has 0 saturated carbocycles. The van der Waals surface area contributed by atoms with Crippen molar-refractivity contribution in [3.05, 3.63) is 27.7 Å². The summed E-state index contributed by atoms with van der Waals surface area (Å²) in [4.78, 5) is 2.22. The van der Waals surface area contributed by atoms with Crippen molar-refractivity contribution in [1.82, 2.24) is 10.2 Å². The SMILES string of the molecule is CN(C)CCNC1CS(=O)(=O)c2c1ccc(Cl)c2Cl. The molecule has 7 heteroatoms. The molecular weight excluding hydrogens is 307 g/mol. The topological polar surface area (TPSA) is 49.4 Å². The fraction of sp³-hybridized carbons (Fsp3) is 0.500. The Labute approximate surface area is 123 Å². The Morgan fingerprint density at radius 3 is 2.68 bits per heavy atom. The average molecular weight is 323 g/mol. The Hall–Kier alpha value is -0.330. The molecule has 1 aliphatic rings. The molecule has 0 amide bonds. The van der Waals surface area contributed by atoms with Crippen LogP contribution >= 0.6 is 23.2 Å². The van der Waals surface area contributed by atoms with Gasteiger partial charge in [-0.05, 0) is 25.7 Å². The first kappa shape index (κ1) is 15.1. The van der Waals surface area contributed by atoms with E-state index in [9.17, 15) is 8.42 Å². The Kier molecular flexibility index (Phi) is 4.42. The van der Waals surface area contributed by atoms with Gasteiger partial charge in [0.05, 0.1) is 20.7 Å². The number of sulfone groups is 1. The molecule has 0 fully saturated rings. The molecular formula is C12H16Cl2N2O2S. The second-order valence-corrected chi connectivity index (χ2v) is 7.63. The summed E-state index contributed by atoms with van der Waals surface area (Å²) in [6.45, 7) is 1.56. The molecule has 4 nitrogen and oxygen atoms in total. The van der Waals surface area contributed by atoms with E-state index in [1.807, 2.05) is 19.0 Å². The van der Waals surface area contributed by atoms with Crippen molar-refractivity contribution in [2.24, 2.45) is 0 Å². The lowest BCUT2D eigenvalue weighted by atomic mass is 10.1. The molecule has 1 aliphatic heterocycles. The standard InChI is InChI=1S/C12H16Cl2N2O2S/c1-16(2)6-5-15-10-7-19(17,18)12-8(10)3-4-9(13)11(12)14/h3-4,10,15H,5-7H2,1-2H3. The monoisotopic (exact) mass is 322 g/mol.